The highest BCUT2D eigenvalue weighted by Crippen LogP contribution is 2.31. The lowest BCUT2D eigenvalue weighted by atomic mass is 10.1. The highest BCUT2D eigenvalue weighted by atomic mass is 35.5. The van der Waals surface area contributed by atoms with Crippen molar-refractivity contribution in [1.29, 1.82) is 0 Å². The molecule has 0 aliphatic rings. The SMILES string of the molecule is O=c1[nH]c2nc(Cl)cnc2c(=O)n1-c1cccc(-c2ccncc2)c1Cl. The number of rotatable bonds is 2. The van der Waals surface area contributed by atoms with Crippen LogP contribution < -0.4 is 11.2 Å². The Hall–Kier alpha value is -3.03. The van der Waals surface area contributed by atoms with Gasteiger partial charge in [-0.2, -0.15) is 0 Å². The number of fused-ring (bicyclic) bond motifs is 1. The van der Waals surface area contributed by atoms with Crippen LogP contribution in [0, 0.1) is 0 Å². The van der Waals surface area contributed by atoms with Crippen molar-refractivity contribution in [2.75, 3.05) is 0 Å². The zero-order chi connectivity index (χ0) is 18.3. The van der Waals surface area contributed by atoms with Gasteiger partial charge in [-0.05, 0) is 23.8 Å². The first-order valence-electron chi connectivity index (χ1n) is 7.43. The molecule has 0 spiro atoms. The molecule has 4 aromatic rings. The molecule has 26 heavy (non-hydrogen) atoms. The van der Waals surface area contributed by atoms with Gasteiger partial charge < -0.3 is 0 Å². The molecule has 4 rings (SSSR count). The second kappa shape index (κ2) is 6.36. The van der Waals surface area contributed by atoms with E-state index in [-0.39, 0.29) is 27.0 Å². The summed E-state index contributed by atoms with van der Waals surface area (Å²) in [7, 11) is 0. The molecule has 1 aromatic carbocycles. The van der Waals surface area contributed by atoms with Crippen molar-refractivity contribution < 1.29 is 0 Å². The third-order valence-electron chi connectivity index (χ3n) is 3.79. The van der Waals surface area contributed by atoms with Gasteiger partial charge in [0.2, 0.25) is 0 Å². The number of halogens is 2. The molecule has 0 aliphatic carbocycles. The molecule has 9 heteroatoms. The summed E-state index contributed by atoms with van der Waals surface area (Å²) in [6.07, 6.45) is 4.50. The Balaban J connectivity index is 2.01. The largest absolute Gasteiger partial charge is 0.334 e. The fourth-order valence-electron chi connectivity index (χ4n) is 2.63. The average Bonchev–Trinajstić information content (AvgIpc) is 2.63. The van der Waals surface area contributed by atoms with Crippen LogP contribution in [-0.2, 0) is 0 Å². The molecule has 7 nitrogen and oxygen atoms in total. The minimum atomic E-state index is -0.687. The van der Waals surface area contributed by atoms with Crippen molar-refractivity contribution in [3.63, 3.8) is 0 Å². The van der Waals surface area contributed by atoms with E-state index in [0.29, 0.717) is 5.56 Å². The third kappa shape index (κ3) is 2.67. The highest BCUT2D eigenvalue weighted by Gasteiger charge is 2.16. The molecule has 128 valence electrons. The number of aromatic amines is 1. The van der Waals surface area contributed by atoms with Crippen molar-refractivity contribution in [2.45, 2.75) is 0 Å². The quantitative estimate of drug-likeness (QED) is 0.572. The van der Waals surface area contributed by atoms with Crippen LogP contribution in [0.1, 0.15) is 0 Å². The summed E-state index contributed by atoms with van der Waals surface area (Å²) in [5.41, 5.74) is 0.397. The summed E-state index contributed by atoms with van der Waals surface area (Å²) in [5.74, 6) is 0. The lowest BCUT2D eigenvalue weighted by Crippen LogP contribution is -2.34. The lowest BCUT2D eigenvalue weighted by Gasteiger charge is -2.11. The molecule has 0 unspecified atom stereocenters. The Bertz CT molecular complexity index is 1250. The second-order valence-corrected chi connectivity index (χ2v) is 6.10. The van der Waals surface area contributed by atoms with E-state index in [4.69, 9.17) is 23.2 Å². The molecule has 0 aliphatic heterocycles. The standard InChI is InChI=1S/C17H9Cl2N5O2/c18-12-8-21-14-15(22-12)23-17(26)24(16(14)25)11-3-1-2-10(13(11)19)9-4-6-20-7-5-9/h1-8H,(H,22,23,26). The monoisotopic (exact) mass is 385 g/mol. The number of nitrogens with zero attached hydrogens (tertiary/aromatic N) is 4. The summed E-state index contributed by atoms with van der Waals surface area (Å²) in [6, 6.07) is 8.65. The van der Waals surface area contributed by atoms with Gasteiger partial charge >= 0.3 is 5.69 Å². The maximum Gasteiger partial charge on any atom is 0.334 e. The molecule has 0 saturated heterocycles. The number of aromatic nitrogens is 5. The number of hydrogen-bond acceptors (Lipinski definition) is 5. The van der Waals surface area contributed by atoms with E-state index in [2.05, 4.69) is 19.9 Å². The Morgan fingerprint density at radius 1 is 1.04 bits per heavy atom. The fourth-order valence-corrected chi connectivity index (χ4v) is 3.09. The van der Waals surface area contributed by atoms with Crippen LogP contribution in [0.15, 0.2) is 58.5 Å². The Kier molecular flexibility index (Phi) is 4.02. The molecule has 0 radical (unpaired) electrons. The van der Waals surface area contributed by atoms with E-state index in [0.717, 1.165) is 10.1 Å². The van der Waals surface area contributed by atoms with Crippen LogP contribution in [0.2, 0.25) is 10.2 Å². The van der Waals surface area contributed by atoms with Gasteiger partial charge in [0, 0.05) is 18.0 Å². The molecule has 0 amide bonds. The summed E-state index contributed by atoms with van der Waals surface area (Å²) >= 11 is 12.3. The summed E-state index contributed by atoms with van der Waals surface area (Å²) in [6.45, 7) is 0. The Labute approximate surface area is 155 Å². The van der Waals surface area contributed by atoms with Crippen LogP contribution in [0.3, 0.4) is 0 Å². The lowest BCUT2D eigenvalue weighted by molar-refractivity contribution is 0.888. The van der Waals surface area contributed by atoms with E-state index in [9.17, 15) is 9.59 Å². The summed E-state index contributed by atoms with van der Waals surface area (Å²) < 4.78 is 0.929. The maximum atomic E-state index is 12.8. The third-order valence-corrected chi connectivity index (χ3v) is 4.37. The van der Waals surface area contributed by atoms with E-state index in [1.807, 2.05) is 0 Å². The zero-order valence-electron chi connectivity index (χ0n) is 13.0. The highest BCUT2D eigenvalue weighted by molar-refractivity contribution is 6.35. The van der Waals surface area contributed by atoms with E-state index >= 15 is 0 Å². The fraction of sp³-hybridized carbons (Fsp3) is 0. The predicted molar refractivity (Wildman–Crippen MR) is 99.0 cm³/mol. The minimum absolute atomic E-state index is 0.0145. The van der Waals surface area contributed by atoms with Gasteiger partial charge in [0.05, 0.1) is 16.9 Å². The number of hydrogen-bond donors (Lipinski definition) is 1. The van der Waals surface area contributed by atoms with E-state index in [1.54, 1.807) is 42.7 Å². The molecule has 0 atom stereocenters. The second-order valence-electron chi connectivity index (χ2n) is 5.34. The first-order chi connectivity index (χ1) is 12.6. The van der Waals surface area contributed by atoms with Crippen molar-refractivity contribution in [3.05, 3.63) is 79.9 Å². The Morgan fingerprint density at radius 2 is 1.81 bits per heavy atom. The molecule has 3 heterocycles. The first kappa shape index (κ1) is 16.4. The van der Waals surface area contributed by atoms with Crippen molar-refractivity contribution in [1.82, 2.24) is 24.5 Å². The number of pyridine rings is 1. The molecule has 0 bridgehead atoms. The van der Waals surface area contributed by atoms with Crippen LogP contribution in [0.4, 0.5) is 0 Å². The van der Waals surface area contributed by atoms with Gasteiger partial charge in [-0.3, -0.25) is 14.8 Å². The van der Waals surface area contributed by atoms with Crippen LogP contribution in [-0.4, -0.2) is 24.5 Å². The molecule has 0 fully saturated rings. The van der Waals surface area contributed by atoms with Gasteiger partial charge in [-0.25, -0.2) is 19.3 Å². The number of nitrogens with one attached hydrogen (secondary N) is 1. The van der Waals surface area contributed by atoms with Gasteiger partial charge in [0.1, 0.15) is 5.15 Å². The van der Waals surface area contributed by atoms with Crippen LogP contribution in [0.5, 0.6) is 0 Å². The van der Waals surface area contributed by atoms with E-state index in [1.165, 1.54) is 6.20 Å². The molecule has 0 saturated carbocycles. The zero-order valence-corrected chi connectivity index (χ0v) is 14.5. The predicted octanol–water partition coefficient (Wildman–Crippen LogP) is 2.84. The average molecular weight is 386 g/mol. The van der Waals surface area contributed by atoms with Gasteiger partial charge in [-0.1, -0.05) is 35.3 Å². The molecular weight excluding hydrogens is 377 g/mol. The molecule has 1 N–H and O–H groups in total. The topological polar surface area (TPSA) is 93.5 Å². The van der Waals surface area contributed by atoms with Gasteiger partial charge in [-0.15, -0.1) is 0 Å². The van der Waals surface area contributed by atoms with Gasteiger partial charge in [0.25, 0.3) is 5.56 Å². The van der Waals surface area contributed by atoms with Crippen LogP contribution in [0.25, 0.3) is 28.0 Å². The van der Waals surface area contributed by atoms with Crippen molar-refractivity contribution in [3.8, 4) is 16.8 Å². The first-order valence-corrected chi connectivity index (χ1v) is 8.19. The van der Waals surface area contributed by atoms with Crippen molar-refractivity contribution >= 4 is 34.4 Å². The smallest absolute Gasteiger partial charge is 0.289 e. The Morgan fingerprint density at radius 3 is 2.58 bits per heavy atom. The number of benzene rings is 1. The normalized spacial score (nSPS) is 11.0. The number of H-pyrrole nitrogens is 1. The van der Waals surface area contributed by atoms with E-state index < -0.39 is 11.2 Å². The summed E-state index contributed by atoms with van der Waals surface area (Å²) in [5, 5.41) is 0.329. The van der Waals surface area contributed by atoms with Crippen LogP contribution >= 0.6 is 23.2 Å². The summed E-state index contributed by atoms with van der Waals surface area (Å²) in [4.78, 5) is 39.6. The molecule has 3 aromatic heterocycles. The van der Waals surface area contributed by atoms with Crippen molar-refractivity contribution in [2.24, 2.45) is 0 Å². The molecular formula is C17H9Cl2N5O2. The maximum absolute atomic E-state index is 12.8. The minimum Gasteiger partial charge on any atom is -0.289 e. The van der Waals surface area contributed by atoms with Gasteiger partial charge in [0.15, 0.2) is 11.2 Å².